The van der Waals surface area contributed by atoms with E-state index < -0.39 is 0 Å². The molecule has 2 rings (SSSR count). The van der Waals surface area contributed by atoms with Crippen molar-refractivity contribution < 1.29 is 0 Å². The fraction of sp³-hybridized carbons (Fsp3) is 0.471. The van der Waals surface area contributed by atoms with E-state index in [1.54, 1.807) is 0 Å². The first-order valence-electron chi connectivity index (χ1n) is 7.64. The van der Waals surface area contributed by atoms with Crippen molar-refractivity contribution in [3.8, 4) is 5.69 Å². The Kier molecular flexibility index (Phi) is 6.33. The first-order valence-corrected chi connectivity index (χ1v) is 8.80. The van der Waals surface area contributed by atoms with E-state index in [1.807, 2.05) is 40.8 Å². The molecule has 1 aromatic carbocycles. The van der Waals surface area contributed by atoms with Crippen LogP contribution in [0.2, 0.25) is 0 Å². The maximum Gasteiger partial charge on any atom is 0.0645 e. The van der Waals surface area contributed by atoms with E-state index in [-0.39, 0.29) is 0 Å². The molecule has 0 spiro atoms. The lowest BCUT2D eigenvalue weighted by Gasteiger charge is -2.18. The van der Waals surface area contributed by atoms with Crippen LogP contribution in [0.3, 0.4) is 0 Å². The molecule has 2 unspecified atom stereocenters. The molecule has 2 atom stereocenters. The van der Waals surface area contributed by atoms with Gasteiger partial charge in [-0.1, -0.05) is 25.1 Å². The van der Waals surface area contributed by atoms with Gasteiger partial charge in [-0.2, -0.15) is 16.9 Å². The molecule has 1 N–H and O–H groups in total. The molecule has 1 heterocycles. The highest BCUT2D eigenvalue weighted by molar-refractivity contribution is 7.99. The summed E-state index contributed by atoms with van der Waals surface area (Å²) in [4.78, 5) is 0. The third kappa shape index (κ3) is 4.90. The first kappa shape index (κ1) is 16.1. The second kappa shape index (κ2) is 8.25. The number of benzene rings is 1. The molecule has 0 saturated carbocycles. The van der Waals surface area contributed by atoms with Gasteiger partial charge >= 0.3 is 0 Å². The van der Waals surface area contributed by atoms with Gasteiger partial charge in [0.05, 0.1) is 11.9 Å². The Morgan fingerprint density at radius 3 is 2.71 bits per heavy atom. The zero-order valence-electron chi connectivity index (χ0n) is 13.1. The van der Waals surface area contributed by atoms with Gasteiger partial charge in [-0.25, -0.2) is 4.68 Å². The van der Waals surface area contributed by atoms with Crippen molar-refractivity contribution in [1.29, 1.82) is 0 Å². The Bertz CT molecular complexity index is 524. The van der Waals surface area contributed by atoms with Gasteiger partial charge in [-0.15, -0.1) is 0 Å². The van der Waals surface area contributed by atoms with Crippen LogP contribution in [0.25, 0.3) is 5.69 Å². The molecule has 0 amide bonds. The van der Waals surface area contributed by atoms with Gasteiger partial charge in [-0.3, -0.25) is 0 Å². The van der Waals surface area contributed by atoms with E-state index >= 15 is 0 Å². The maximum absolute atomic E-state index is 4.46. The zero-order chi connectivity index (χ0) is 15.1. The molecule has 0 aliphatic carbocycles. The van der Waals surface area contributed by atoms with Gasteiger partial charge in [0.15, 0.2) is 0 Å². The smallest absolute Gasteiger partial charge is 0.0645 e. The summed E-state index contributed by atoms with van der Waals surface area (Å²) >= 11 is 2.00. The Hall–Kier alpha value is -1.26. The predicted molar refractivity (Wildman–Crippen MR) is 92.2 cm³/mol. The average molecular weight is 303 g/mol. The van der Waals surface area contributed by atoms with Crippen LogP contribution in [0.4, 0.5) is 0 Å². The van der Waals surface area contributed by atoms with Crippen LogP contribution >= 0.6 is 11.8 Å². The SMILES string of the molecule is CCSCCC(C)NC(C)c1cnn(-c2ccccc2)c1. The van der Waals surface area contributed by atoms with Gasteiger partial charge in [0.25, 0.3) is 0 Å². The van der Waals surface area contributed by atoms with E-state index in [4.69, 9.17) is 0 Å². The summed E-state index contributed by atoms with van der Waals surface area (Å²) in [7, 11) is 0. The molecule has 0 radical (unpaired) electrons. The van der Waals surface area contributed by atoms with E-state index in [0.717, 1.165) is 5.69 Å². The lowest BCUT2D eigenvalue weighted by atomic mass is 10.1. The second-order valence-corrected chi connectivity index (χ2v) is 6.72. The van der Waals surface area contributed by atoms with Crippen molar-refractivity contribution >= 4 is 11.8 Å². The number of rotatable bonds is 8. The zero-order valence-corrected chi connectivity index (χ0v) is 13.9. The Morgan fingerprint density at radius 2 is 2.00 bits per heavy atom. The van der Waals surface area contributed by atoms with E-state index in [1.165, 1.54) is 23.5 Å². The lowest BCUT2D eigenvalue weighted by Crippen LogP contribution is -2.29. The summed E-state index contributed by atoms with van der Waals surface area (Å²) in [5, 5.41) is 8.12. The van der Waals surface area contributed by atoms with Crippen molar-refractivity contribution in [2.24, 2.45) is 0 Å². The minimum absolute atomic E-state index is 0.323. The lowest BCUT2D eigenvalue weighted by molar-refractivity contribution is 0.471. The van der Waals surface area contributed by atoms with Crippen molar-refractivity contribution in [2.45, 2.75) is 39.3 Å². The minimum Gasteiger partial charge on any atom is -0.308 e. The molecule has 3 nitrogen and oxygen atoms in total. The van der Waals surface area contributed by atoms with Crippen LogP contribution in [0, 0.1) is 0 Å². The standard InChI is InChI=1S/C17H25N3S/c1-4-21-11-10-14(2)19-15(3)16-12-18-20(13-16)17-8-6-5-7-9-17/h5-9,12-15,19H,4,10-11H2,1-3H3. The number of aromatic nitrogens is 2. The monoisotopic (exact) mass is 303 g/mol. The van der Waals surface area contributed by atoms with Crippen molar-refractivity contribution in [2.75, 3.05) is 11.5 Å². The Morgan fingerprint density at radius 1 is 1.24 bits per heavy atom. The van der Waals surface area contributed by atoms with Crippen molar-refractivity contribution in [1.82, 2.24) is 15.1 Å². The van der Waals surface area contributed by atoms with Gasteiger partial charge < -0.3 is 5.32 Å². The van der Waals surface area contributed by atoms with Gasteiger partial charge in [0, 0.05) is 23.8 Å². The number of thioether (sulfide) groups is 1. The fourth-order valence-corrected chi connectivity index (χ4v) is 3.10. The number of nitrogens with zero attached hydrogens (tertiary/aromatic N) is 2. The molecule has 0 saturated heterocycles. The van der Waals surface area contributed by atoms with Crippen LogP contribution < -0.4 is 5.32 Å². The van der Waals surface area contributed by atoms with Gasteiger partial charge in [0.2, 0.25) is 0 Å². The topological polar surface area (TPSA) is 29.9 Å². The summed E-state index contributed by atoms with van der Waals surface area (Å²) < 4.78 is 1.94. The molecular weight excluding hydrogens is 278 g/mol. The molecule has 0 bridgehead atoms. The second-order valence-electron chi connectivity index (χ2n) is 5.33. The fourth-order valence-electron chi connectivity index (χ4n) is 2.29. The van der Waals surface area contributed by atoms with Crippen LogP contribution in [-0.4, -0.2) is 27.3 Å². The van der Waals surface area contributed by atoms with Gasteiger partial charge in [-0.05, 0) is 43.9 Å². The first-order chi connectivity index (χ1) is 10.2. The molecular formula is C17H25N3S. The summed E-state index contributed by atoms with van der Waals surface area (Å²) in [6.45, 7) is 6.67. The van der Waals surface area contributed by atoms with Crippen LogP contribution in [-0.2, 0) is 0 Å². The van der Waals surface area contributed by atoms with Crippen molar-refractivity contribution in [3.63, 3.8) is 0 Å². The summed E-state index contributed by atoms with van der Waals surface area (Å²) in [5.41, 5.74) is 2.33. The maximum atomic E-state index is 4.46. The normalized spacial score (nSPS) is 14.0. The van der Waals surface area contributed by atoms with E-state index in [9.17, 15) is 0 Å². The van der Waals surface area contributed by atoms with Crippen LogP contribution in [0.1, 0.15) is 38.8 Å². The van der Waals surface area contributed by atoms with Crippen molar-refractivity contribution in [3.05, 3.63) is 48.3 Å². The van der Waals surface area contributed by atoms with E-state index in [0.29, 0.717) is 12.1 Å². The largest absolute Gasteiger partial charge is 0.308 e. The van der Waals surface area contributed by atoms with Crippen LogP contribution in [0.5, 0.6) is 0 Å². The summed E-state index contributed by atoms with van der Waals surface area (Å²) in [5.74, 6) is 2.42. The molecule has 1 aromatic heterocycles. The number of nitrogens with one attached hydrogen (secondary N) is 1. The van der Waals surface area contributed by atoms with Gasteiger partial charge in [0.1, 0.15) is 0 Å². The third-order valence-electron chi connectivity index (χ3n) is 3.56. The predicted octanol–water partition coefficient (Wildman–Crippen LogP) is 4.05. The molecule has 0 aliphatic heterocycles. The molecule has 0 aliphatic rings. The number of hydrogen-bond donors (Lipinski definition) is 1. The number of para-hydroxylation sites is 1. The molecule has 0 fully saturated rings. The highest BCUT2D eigenvalue weighted by Gasteiger charge is 2.11. The quantitative estimate of drug-likeness (QED) is 0.746. The highest BCUT2D eigenvalue weighted by atomic mass is 32.2. The molecule has 21 heavy (non-hydrogen) atoms. The Balaban J connectivity index is 1.91. The molecule has 2 aromatic rings. The van der Waals surface area contributed by atoms with Crippen LogP contribution in [0.15, 0.2) is 42.7 Å². The summed E-state index contributed by atoms with van der Waals surface area (Å²) in [6, 6.07) is 11.1. The highest BCUT2D eigenvalue weighted by Crippen LogP contribution is 2.16. The number of hydrogen-bond acceptors (Lipinski definition) is 3. The third-order valence-corrected chi connectivity index (χ3v) is 4.49. The molecule has 4 heteroatoms. The average Bonchev–Trinajstić information content (AvgIpc) is 2.98. The van der Waals surface area contributed by atoms with E-state index in [2.05, 4.69) is 49.5 Å². The minimum atomic E-state index is 0.323. The molecule has 114 valence electrons. The summed E-state index contributed by atoms with van der Waals surface area (Å²) in [6.07, 6.45) is 5.27. The Labute approximate surface area is 132 Å².